The molecule has 7 heteroatoms. The van der Waals surface area contributed by atoms with Crippen LogP contribution in [0.4, 0.5) is 5.69 Å². The van der Waals surface area contributed by atoms with Crippen LogP contribution in [0, 0.1) is 6.92 Å². The van der Waals surface area contributed by atoms with Crippen LogP contribution in [-0.2, 0) is 15.7 Å². The Morgan fingerprint density at radius 2 is 1.57 bits per heavy atom. The Morgan fingerprint density at radius 1 is 0.892 bits per heavy atom. The lowest BCUT2D eigenvalue weighted by atomic mass is 9.84. The fourth-order valence-electron chi connectivity index (χ4n) is 5.69. The van der Waals surface area contributed by atoms with E-state index in [1.54, 1.807) is 15.4 Å². The molecule has 0 aliphatic carbocycles. The van der Waals surface area contributed by atoms with Crippen LogP contribution in [0.1, 0.15) is 44.5 Å². The summed E-state index contributed by atoms with van der Waals surface area (Å²) < 4.78 is 3.33. The lowest BCUT2D eigenvalue weighted by molar-refractivity contribution is -0.122. The topological polar surface area (TPSA) is 79.8 Å². The summed E-state index contributed by atoms with van der Waals surface area (Å²) in [5.74, 6) is -0.235. The van der Waals surface area contributed by atoms with Crippen molar-refractivity contribution in [3.8, 4) is 22.6 Å². The smallest absolute Gasteiger partial charge is 0.285 e. The highest BCUT2D eigenvalue weighted by Gasteiger charge is 2.59. The fourth-order valence-corrected chi connectivity index (χ4v) is 5.69. The molecule has 0 radical (unpaired) electrons. The molecule has 1 aromatic heterocycles. The second-order valence-electron chi connectivity index (χ2n) is 10.7. The van der Waals surface area contributed by atoms with Crippen molar-refractivity contribution < 1.29 is 9.90 Å². The average Bonchev–Trinajstić information content (AvgIpc) is 3.43. The Morgan fingerprint density at radius 3 is 2.27 bits per heavy atom. The predicted octanol–water partition coefficient (Wildman–Crippen LogP) is 5.10. The molecule has 6 rings (SSSR count). The Balaban J connectivity index is 1.66. The van der Waals surface area contributed by atoms with Crippen molar-refractivity contribution in [1.82, 2.24) is 9.36 Å². The summed E-state index contributed by atoms with van der Waals surface area (Å²) in [6, 6.07) is 22.1. The van der Waals surface area contributed by atoms with Crippen LogP contribution in [0.3, 0.4) is 0 Å². The lowest BCUT2D eigenvalue weighted by Crippen LogP contribution is -2.48. The van der Waals surface area contributed by atoms with Gasteiger partial charge in [0, 0.05) is 16.8 Å². The number of phenolic OH excluding ortho intramolecular Hbond substituents is 1. The van der Waals surface area contributed by atoms with Crippen LogP contribution in [0.2, 0.25) is 0 Å². The van der Waals surface area contributed by atoms with E-state index in [4.69, 9.17) is 5.10 Å². The van der Waals surface area contributed by atoms with E-state index in [0.29, 0.717) is 39.5 Å². The van der Waals surface area contributed by atoms with E-state index >= 15 is 0 Å². The van der Waals surface area contributed by atoms with Crippen molar-refractivity contribution in [2.24, 2.45) is 5.10 Å². The SMILES string of the molecule is CC1=NN(c2ccccc2)C(=O)C12c1ccccc1-n1c(=O)c(-c3cc(C(C)(C)C)ccc3O)c(C)n12. The number of benzene rings is 3. The molecule has 1 N–H and O–H groups in total. The first kappa shape index (κ1) is 23.0. The monoisotopic (exact) mass is 492 g/mol. The molecule has 3 aromatic carbocycles. The number of hydrazone groups is 1. The van der Waals surface area contributed by atoms with Crippen LogP contribution in [0.5, 0.6) is 5.75 Å². The van der Waals surface area contributed by atoms with Crippen molar-refractivity contribution in [2.75, 3.05) is 5.01 Å². The van der Waals surface area contributed by atoms with E-state index in [0.717, 1.165) is 5.56 Å². The van der Waals surface area contributed by atoms with Gasteiger partial charge in [0.05, 0.1) is 22.6 Å². The standard InChI is InChI=1S/C30H28N4O3/c1-18-26(22-17-20(29(3,4)5)15-16-25(22)35)27(36)33-24-14-10-9-13-23(24)30(34(18)33)19(2)31-32(28(30)37)21-11-7-6-8-12-21/h6-17,35H,1-5H3. The number of aromatic hydroxyl groups is 1. The number of fused-ring (bicyclic) bond motifs is 5. The average molecular weight is 493 g/mol. The van der Waals surface area contributed by atoms with E-state index in [2.05, 4.69) is 20.8 Å². The summed E-state index contributed by atoms with van der Waals surface area (Å²) >= 11 is 0. The minimum atomic E-state index is -1.31. The molecule has 0 saturated carbocycles. The van der Waals surface area contributed by atoms with Gasteiger partial charge >= 0.3 is 0 Å². The quantitative estimate of drug-likeness (QED) is 0.423. The number of hydrogen-bond donors (Lipinski definition) is 1. The first-order valence-corrected chi connectivity index (χ1v) is 12.3. The van der Waals surface area contributed by atoms with Gasteiger partial charge in [-0.15, -0.1) is 0 Å². The molecule has 1 unspecified atom stereocenters. The molecule has 0 bridgehead atoms. The van der Waals surface area contributed by atoms with Crippen molar-refractivity contribution in [3.63, 3.8) is 0 Å². The van der Waals surface area contributed by atoms with Gasteiger partial charge < -0.3 is 5.11 Å². The lowest BCUT2D eigenvalue weighted by Gasteiger charge is -2.27. The largest absolute Gasteiger partial charge is 0.507 e. The number of amides is 1. The number of carbonyl (C=O) groups excluding carboxylic acids is 1. The Labute approximate surface area is 214 Å². The van der Waals surface area contributed by atoms with E-state index in [9.17, 15) is 14.7 Å². The molecule has 186 valence electrons. The zero-order valence-electron chi connectivity index (χ0n) is 21.5. The number of aromatic nitrogens is 2. The molecule has 0 fully saturated rings. The molecule has 0 saturated heterocycles. The van der Waals surface area contributed by atoms with Crippen LogP contribution in [-0.4, -0.2) is 26.1 Å². The number of hydrogen-bond acceptors (Lipinski definition) is 4. The third-order valence-electron chi connectivity index (χ3n) is 7.53. The summed E-state index contributed by atoms with van der Waals surface area (Å²) in [6.07, 6.45) is 0. The first-order chi connectivity index (χ1) is 17.6. The van der Waals surface area contributed by atoms with E-state index in [-0.39, 0.29) is 22.6 Å². The zero-order chi connectivity index (χ0) is 26.3. The van der Waals surface area contributed by atoms with Crippen LogP contribution >= 0.6 is 0 Å². The third-order valence-corrected chi connectivity index (χ3v) is 7.53. The maximum Gasteiger partial charge on any atom is 0.285 e. The van der Waals surface area contributed by atoms with E-state index < -0.39 is 5.54 Å². The molecule has 7 nitrogen and oxygen atoms in total. The van der Waals surface area contributed by atoms with E-state index in [1.807, 2.05) is 80.6 Å². The number of phenols is 1. The highest BCUT2D eigenvalue weighted by Crippen LogP contribution is 2.47. The maximum atomic E-state index is 14.4. The molecule has 37 heavy (non-hydrogen) atoms. The number of para-hydroxylation sites is 2. The number of anilines is 1. The van der Waals surface area contributed by atoms with Gasteiger partial charge in [-0.25, -0.2) is 4.68 Å². The number of nitrogens with zero attached hydrogens (tertiary/aromatic N) is 4. The summed E-state index contributed by atoms with van der Waals surface area (Å²) in [5, 5.41) is 17.0. The fraction of sp³-hybridized carbons (Fsp3) is 0.233. The minimum absolute atomic E-state index is 0.0226. The molecule has 1 amide bonds. The van der Waals surface area contributed by atoms with Gasteiger partial charge in [-0.1, -0.05) is 63.2 Å². The molecular formula is C30H28N4O3. The minimum Gasteiger partial charge on any atom is -0.507 e. The maximum absolute atomic E-state index is 14.4. The van der Waals surface area contributed by atoms with Gasteiger partial charge in [0.2, 0.25) is 5.54 Å². The van der Waals surface area contributed by atoms with Crippen molar-refractivity contribution in [2.45, 2.75) is 45.6 Å². The molecule has 2 aliphatic rings. The third kappa shape index (κ3) is 2.91. The normalized spacial score (nSPS) is 18.4. The number of rotatable bonds is 2. The summed E-state index contributed by atoms with van der Waals surface area (Å²) in [4.78, 5) is 28.5. The molecule has 1 atom stereocenters. The second kappa shape index (κ2) is 7.56. The van der Waals surface area contributed by atoms with Crippen LogP contribution in [0.25, 0.3) is 16.8 Å². The molecule has 2 aliphatic heterocycles. The zero-order valence-corrected chi connectivity index (χ0v) is 21.5. The summed E-state index contributed by atoms with van der Waals surface area (Å²) in [6.45, 7) is 9.92. The van der Waals surface area contributed by atoms with Gasteiger partial charge in [-0.3, -0.25) is 14.3 Å². The number of carbonyl (C=O) groups is 1. The van der Waals surface area contributed by atoms with Gasteiger partial charge in [0.25, 0.3) is 11.5 Å². The first-order valence-electron chi connectivity index (χ1n) is 12.3. The van der Waals surface area contributed by atoms with Crippen LogP contribution in [0.15, 0.2) is 82.7 Å². The van der Waals surface area contributed by atoms with Gasteiger partial charge in [0.15, 0.2) is 0 Å². The van der Waals surface area contributed by atoms with Gasteiger partial charge in [-0.05, 0) is 55.2 Å². The molecule has 1 spiro atoms. The second-order valence-corrected chi connectivity index (χ2v) is 10.7. The van der Waals surface area contributed by atoms with Crippen LogP contribution < -0.4 is 10.6 Å². The highest BCUT2D eigenvalue weighted by atomic mass is 16.3. The Hall–Kier alpha value is -4.39. The van der Waals surface area contributed by atoms with Crippen molar-refractivity contribution in [1.29, 1.82) is 0 Å². The summed E-state index contributed by atoms with van der Waals surface area (Å²) in [7, 11) is 0. The Bertz CT molecular complexity index is 1690. The van der Waals surface area contributed by atoms with Crippen molar-refractivity contribution in [3.05, 3.63) is 100.0 Å². The highest BCUT2D eigenvalue weighted by molar-refractivity contribution is 6.23. The predicted molar refractivity (Wildman–Crippen MR) is 145 cm³/mol. The van der Waals surface area contributed by atoms with Crippen molar-refractivity contribution >= 4 is 17.3 Å². The Kier molecular flexibility index (Phi) is 4.70. The molecular weight excluding hydrogens is 464 g/mol. The summed E-state index contributed by atoms with van der Waals surface area (Å²) in [5.41, 5.74) is 3.19. The van der Waals surface area contributed by atoms with Gasteiger partial charge in [0.1, 0.15) is 5.75 Å². The molecule has 4 aromatic rings. The van der Waals surface area contributed by atoms with E-state index in [1.165, 1.54) is 5.01 Å². The van der Waals surface area contributed by atoms with Gasteiger partial charge in [-0.2, -0.15) is 10.1 Å². The molecule has 3 heterocycles.